The second kappa shape index (κ2) is 5.88. The Labute approximate surface area is 108 Å². The van der Waals surface area contributed by atoms with Gasteiger partial charge in [-0.25, -0.2) is 0 Å². The molecular weight excluding hydrogens is 284 g/mol. The lowest BCUT2D eigenvalue weighted by Gasteiger charge is -1.95. The van der Waals surface area contributed by atoms with Crippen molar-refractivity contribution >= 4 is 15.9 Å². The Hall–Kier alpha value is -1.27. The standard InChI is InChI=1S/C11H13BrN4O/c12-8-4-3-7-14-10(8)11-15-9(17-16-11)5-1-2-6-13/h3-4,7H,1-2,5-6,13H2. The van der Waals surface area contributed by atoms with Gasteiger partial charge in [0.1, 0.15) is 5.69 Å². The predicted octanol–water partition coefficient (Wildman–Crippen LogP) is 2.18. The summed E-state index contributed by atoms with van der Waals surface area (Å²) < 4.78 is 6.01. The predicted molar refractivity (Wildman–Crippen MR) is 67.2 cm³/mol. The van der Waals surface area contributed by atoms with Crippen LogP contribution in [0.5, 0.6) is 0 Å². The Morgan fingerprint density at radius 1 is 1.35 bits per heavy atom. The van der Waals surface area contributed by atoms with E-state index in [1.54, 1.807) is 6.20 Å². The van der Waals surface area contributed by atoms with E-state index in [2.05, 4.69) is 31.1 Å². The maximum absolute atomic E-state index is 5.43. The molecule has 2 heterocycles. The smallest absolute Gasteiger partial charge is 0.227 e. The van der Waals surface area contributed by atoms with Gasteiger partial charge >= 0.3 is 0 Å². The Kier molecular flexibility index (Phi) is 4.22. The van der Waals surface area contributed by atoms with E-state index in [4.69, 9.17) is 10.3 Å². The van der Waals surface area contributed by atoms with Crippen LogP contribution in [-0.2, 0) is 6.42 Å². The molecule has 0 aliphatic rings. The van der Waals surface area contributed by atoms with Crippen LogP contribution in [0.15, 0.2) is 27.3 Å². The molecule has 2 aromatic rings. The summed E-state index contributed by atoms with van der Waals surface area (Å²) in [7, 11) is 0. The Morgan fingerprint density at radius 3 is 3.00 bits per heavy atom. The van der Waals surface area contributed by atoms with Crippen LogP contribution < -0.4 is 5.73 Å². The molecule has 0 atom stereocenters. The number of aromatic nitrogens is 3. The van der Waals surface area contributed by atoms with Gasteiger partial charge in [0.2, 0.25) is 11.7 Å². The van der Waals surface area contributed by atoms with Crippen LogP contribution >= 0.6 is 15.9 Å². The van der Waals surface area contributed by atoms with Gasteiger partial charge < -0.3 is 10.3 Å². The third-order valence-corrected chi connectivity index (χ3v) is 2.92. The highest BCUT2D eigenvalue weighted by molar-refractivity contribution is 9.10. The normalized spacial score (nSPS) is 10.7. The molecule has 0 saturated heterocycles. The minimum absolute atomic E-state index is 0.514. The molecule has 17 heavy (non-hydrogen) atoms. The summed E-state index contributed by atoms with van der Waals surface area (Å²) in [5, 5.41) is 3.92. The first kappa shape index (κ1) is 12.2. The summed E-state index contributed by atoms with van der Waals surface area (Å²) in [5.74, 6) is 1.14. The lowest BCUT2D eigenvalue weighted by molar-refractivity contribution is 0.375. The minimum atomic E-state index is 0.514. The van der Waals surface area contributed by atoms with E-state index < -0.39 is 0 Å². The highest BCUT2D eigenvalue weighted by atomic mass is 79.9. The van der Waals surface area contributed by atoms with Crippen molar-refractivity contribution in [1.82, 2.24) is 15.1 Å². The molecule has 0 amide bonds. The first-order chi connectivity index (χ1) is 8.31. The zero-order valence-corrected chi connectivity index (χ0v) is 10.9. The second-order valence-electron chi connectivity index (χ2n) is 3.59. The third-order valence-electron chi connectivity index (χ3n) is 2.28. The highest BCUT2D eigenvalue weighted by Crippen LogP contribution is 2.23. The van der Waals surface area contributed by atoms with Crippen molar-refractivity contribution in [2.24, 2.45) is 5.73 Å². The number of hydrogen-bond acceptors (Lipinski definition) is 5. The van der Waals surface area contributed by atoms with E-state index >= 15 is 0 Å². The summed E-state index contributed by atoms with van der Waals surface area (Å²) in [6, 6.07) is 3.74. The fourth-order valence-electron chi connectivity index (χ4n) is 1.42. The number of aryl methyl sites for hydroxylation is 1. The average molecular weight is 297 g/mol. The number of halogens is 1. The Bertz CT molecular complexity index is 486. The van der Waals surface area contributed by atoms with Gasteiger partial charge in [-0.1, -0.05) is 5.16 Å². The van der Waals surface area contributed by atoms with E-state index in [0.29, 0.717) is 24.0 Å². The summed E-state index contributed by atoms with van der Waals surface area (Å²) >= 11 is 3.41. The zero-order chi connectivity index (χ0) is 12.1. The van der Waals surface area contributed by atoms with Gasteiger partial charge in [-0.2, -0.15) is 4.98 Å². The van der Waals surface area contributed by atoms with Crippen molar-refractivity contribution in [2.75, 3.05) is 6.54 Å². The number of nitrogens with zero attached hydrogens (tertiary/aromatic N) is 3. The van der Waals surface area contributed by atoms with Gasteiger partial charge in [-0.3, -0.25) is 4.98 Å². The maximum atomic E-state index is 5.43. The first-order valence-corrected chi connectivity index (χ1v) is 6.24. The van der Waals surface area contributed by atoms with Crippen molar-refractivity contribution < 1.29 is 4.52 Å². The molecule has 0 radical (unpaired) electrons. The number of pyridine rings is 1. The van der Waals surface area contributed by atoms with Crippen LogP contribution in [0.4, 0.5) is 0 Å². The van der Waals surface area contributed by atoms with Crippen molar-refractivity contribution in [3.05, 3.63) is 28.7 Å². The minimum Gasteiger partial charge on any atom is -0.339 e. The number of rotatable bonds is 5. The average Bonchev–Trinajstić information content (AvgIpc) is 2.79. The molecule has 0 unspecified atom stereocenters. The molecule has 0 spiro atoms. The van der Waals surface area contributed by atoms with Crippen molar-refractivity contribution in [3.63, 3.8) is 0 Å². The van der Waals surface area contributed by atoms with E-state index in [1.807, 2.05) is 12.1 Å². The molecule has 2 aromatic heterocycles. The fraction of sp³-hybridized carbons (Fsp3) is 0.364. The molecule has 0 aromatic carbocycles. The fourth-order valence-corrected chi connectivity index (χ4v) is 1.86. The lowest BCUT2D eigenvalue weighted by atomic mass is 10.2. The van der Waals surface area contributed by atoms with Gasteiger partial charge in [0.25, 0.3) is 0 Å². The molecule has 5 nitrogen and oxygen atoms in total. The lowest BCUT2D eigenvalue weighted by Crippen LogP contribution is -1.99. The second-order valence-corrected chi connectivity index (χ2v) is 4.45. The molecule has 2 N–H and O–H groups in total. The van der Waals surface area contributed by atoms with Crippen LogP contribution in [0.2, 0.25) is 0 Å². The van der Waals surface area contributed by atoms with Crippen LogP contribution in [0.25, 0.3) is 11.5 Å². The largest absolute Gasteiger partial charge is 0.339 e. The molecule has 0 saturated carbocycles. The van der Waals surface area contributed by atoms with E-state index in [-0.39, 0.29) is 0 Å². The van der Waals surface area contributed by atoms with Crippen LogP contribution in [0, 0.1) is 0 Å². The molecule has 2 rings (SSSR count). The van der Waals surface area contributed by atoms with Crippen LogP contribution in [0.1, 0.15) is 18.7 Å². The van der Waals surface area contributed by atoms with E-state index in [0.717, 1.165) is 23.7 Å². The maximum Gasteiger partial charge on any atom is 0.227 e. The van der Waals surface area contributed by atoms with Crippen LogP contribution in [0.3, 0.4) is 0 Å². The zero-order valence-electron chi connectivity index (χ0n) is 9.27. The summed E-state index contributed by atoms with van der Waals surface area (Å²) in [6.07, 6.45) is 4.38. The summed E-state index contributed by atoms with van der Waals surface area (Å²) in [5.41, 5.74) is 6.12. The number of unbranched alkanes of at least 4 members (excludes halogenated alkanes) is 1. The molecule has 0 aliphatic heterocycles. The molecular formula is C11H13BrN4O. The first-order valence-electron chi connectivity index (χ1n) is 5.45. The van der Waals surface area contributed by atoms with Crippen molar-refractivity contribution in [3.8, 4) is 11.5 Å². The van der Waals surface area contributed by atoms with Gasteiger partial charge in [0.15, 0.2) is 0 Å². The van der Waals surface area contributed by atoms with Gasteiger partial charge in [-0.15, -0.1) is 0 Å². The van der Waals surface area contributed by atoms with E-state index in [1.165, 1.54) is 0 Å². The monoisotopic (exact) mass is 296 g/mol. The third kappa shape index (κ3) is 3.10. The highest BCUT2D eigenvalue weighted by Gasteiger charge is 2.11. The molecule has 6 heteroatoms. The Morgan fingerprint density at radius 2 is 2.24 bits per heavy atom. The summed E-state index contributed by atoms with van der Waals surface area (Å²) in [4.78, 5) is 8.51. The Balaban J connectivity index is 2.10. The SMILES string of the molecule is NCCCCc1nc(-c2ncccc2Br)no1. The molecule has 90 valence electrons. The van der Waals surface area contributed by atoms with Gasteiger partial charge in [0, 0.05) is 17.1 Å². The number of hydrogen-bond donors (Lipinski definition) is 1. The van der Waals surface area contributed by atoms with E-state index in [9.17, 15) is 0 Å². The molecule has 0 bridgehead atoms. The number of nitrogens with two attached hydrogens (primary N) is 1. The van der Waals surface area contributed by atoms with Crippen molar-refractivity contribution in [1.29, 1.82) is 0 Å². The van der Waals surface area contributed by atoms with Crippen molar-refractivity contribution in [2.45, 2.75) is 19.3 Å². The van der Waals surface area contributed by atoms with Gasteiger partial charge in [-0.05, 0) is 47.4 Å². The van der Waals surface area contributed by atoms with Crippen LogP contribution in [-0.4, -0.2) is 21.7 Å². The topological polar surface area (TPSA) is 77.8 Å². The summed E-state index contributed by atoms with van der Waals surface area (Å²) in [6.45, 7) is 0.687. The quantitative estimate of drug-likeness (QED) is 0.856. The van der Waals surface area contributed by atoms with Gasteiger partial charge in [0.05, 0.1) is 0 Å². The molecule has 0 fully saturated rings. The molecule has 0 aliphatic carbocycles.